The predicted octanol–water partition coefficient (Wildman–Crippen LogP) is 2.77. The Bertz CT molecular complexity index is 507. The third-order valence-electron chi connectivity index (χ3n) is 2.58. The normalized spacial score (nSPS) is 14.7. The van der Waals surface area contributed by atoms with Crippen molar-refractivity contribution in [3.05, 3.63) is 35.4 Å². The second-order valence-corrected chi connectivity index (χ2v) is 5.44. The van der Waals surface area contributed by atoms with E-state index in [1.807, 2.05) is 6.07 Å². The molecule has 0 heterocycles. The van der Waals surface area contributed by atoms with Crippen molar-refractivity contribution in [3.63, 3.8) is 0 Å². The molecule has 0 aliphatic carbocycles. The van der Waals surface area contributed by atoms with Crippen molar-refractivity contribution in [3.8, 4) is 6.07 Å². The molecule has 0 fully saturated rings. The zero-order valence-electron chi connectivity index (χ0n) is 9.71. The van der Waals surface area contributed by atoms with E-state index < -0.39 is 32.1 Å². The van der Waals surface area contributed by atoms with Crippen molar-refractivity contribution in [2.24, 2.45) is 0 Å². The predicted molar refractivity (Wildman–Crippen MR) is 61.0 cm³/mol. The fraction of sp³-hybridized carbons (Fsp3) is 0.333. The van der Waals surface area contributed by atoms with Crippen LogP contribution < -0.4 is 0 Å². The summed E-state index contributed by atoms with van der Waals surface area (Å²) in [5, 5.41) is 9.09. The molecule has 0 bridgehead atoms. The van der Waals surface area contributed by atoms with Crippen LogP contribution in [0, 0.1) is 11.3 Å². The summed E-state index contributed by atoms with van der Waals surface area (Å²) in [6, 6.07) is 6.20. The molecule has 0 aliphatic rings. The van der Waals surface area contributed by atoms with Crippen molar-refractivity contribution < 1.29 is 18.0 Å². The number of hydrogen-bond acceptors (Lipinski definition) is 2. The molecular formula is C12H10F3NOSe. The molecule has 0 saturated heterocycles. The molecule has 1 unspecified atom stereocenters. The van der Waals surface area contributed by atoms with Crippen LogP contribution in [0.4, 0.5) is 13.2 Å². The second kappa shape index (κ2) is 5.13. The first-order chi connectivity index (χ1) is 8.25. The van der Waals surface area contributed by atoms with Crippen LogP contribution >= 0.6 is 0 Å². The van der Waals surface area contributed by atoms with Gasteiger partial charge in [-0.15, -0.1) is 0 Å². The standard InChI is InChI=1S/C12H10F3NOSe/c1-11(7-16,10(17)18-2)8-4-3-5-9(6-8)12(13,14)15/h3-6H,1-2H3. The van der Waals surface area contributed by atoms with E-state index in [9.17, 15) is 18.0 Å². The van der Waals surface area contributed by atoms with Crippen LogP contribution in [0.25, 0.3) is 0 Å². The molecular weight excluding hydrogens is 310 g/mol. The second-order valence-electron chi connectivity index (χ2n) is 3.81. The van der Waals surface area contributed by atoms with Gasteiger partial charge in [-0.2, -0.15) is 0 Å². The summed E-state index contributed by atoms with van der Waals surface area (Å²) in [5.41, 5.74) is -2.26. The molecule has 1 atom stereocenters. The van der Waals surface area contributed by atoms with E-state index >= 15 is 0 Å². The van der Waals surface area contributed by atoms with Crippen LogP contribution in [0.3, 0.4) is 0 Å². The monoisotopic (exact) mass is 321 g/mol. The third kappa shape index (κ3) is 2.74. The molecule has 1 rings (SSSR count). The van der Waals surface area contributed by atoms with E-state index in [4.69, 9.17) is 5.26 Å². The zero-order valence-corrected chi connectivity index (χ0v) is 11.4. The summed E-state index contributed by atoms with van der Waals surface area (Å²) >= 11 is -0.446. The fourth-order valence-electron chi connectivity index (χ4n) is 1.44. The number of carbonyl (C=O) groups is 1. The van der Waals surface area contributed by atoms with E-state index in [1.54, 1.807) is 5.82 Å². The number of alkyl halides is 3. The molecule has 6 heteroatoms. The first-order valence-corrected chi connectivity index (χ1v) is 7.50. The molecule has 18 heavy (non-hydrogen) atoms. The van der Waals surface area contributed by atoms with Gasteiger partial charge >= 0.3 is 109 Å². The number of hydrogen-bond donors (Lipinski definition) is 0. The molecule has 1 aromatic carbocycles. The molecule has 0 aliphatic heterocycles. The van der Waals surface area contributed by atoms with Crippen molar-refractivity contribution >= 4 is 19.6 Å². The van der Waals surface area contributed by atoms with Crippen LogP contribution in [0.5, 0.6) is 0 Å². The number of nitrogens with zero attached hydrogens (tertiary/aromatic N) is 1. The zero-order chi connectivity index (χ0) is 14.0. The van der Waals surface area contributed by atoms with Crippen molar-refractivity contribution in [1.29, 1.82) is 5.26 Å². The van der Waals surface area contributed by atoms with Crippen molar-refractivity contribution in [2.75, 3.05) is 0 Å². The minimum atomic E-state index is -4.48. The Balaban J connectivity index is 3.34. The maximum absolute atomic E-state index is 12.6. The van der Waals surface area contributed by atoms with E-state index in [0.29, 0.717) is 0 Å². The number of carbonyl (C=O) groups excluding carboxylic acids is 1. The Morgan fingerprint density at radius 1 is 1.33 bits per heavy atom. The summed E-state index contributed by atoms with van der Waals surface area (Å²) in [6.07, 6.45) is -4.48. The number of nitriles is 1. The van der Waals surface area contributed by atoms with Gasteiger partial charge in [-0.1, -0.05) is 0 Å². The molecule has 0 spiro atoms. The first kappa shape index (κ1) is 14.7. The molecule has 0 aromatic heterocycles. The van der Waals surface area contributed by atoms with E-state index in [-0.39, 0.29) is 10.2 Å². The van der Waals surface area contributed by atoms with Crippen LogP contribution in [0.1, 0.15) is 18.1 Å². The number of rotatable bonds is 3. The molecule has 0 saturated carbocycles. The van der Waals surface area contributed by atoms with Gasteiger partial charge in [-0.25, -0.2) is 0 Å². The molecule has 0 N–H and O–H groups in total. The summed E-state index contributed by atoms with van der Waals surface area (Å²) in [7, 11) is 0. The summed E-state index contributed by atoms with van der Waals surface area (Å²) in [6.45, 7) is 1.36. The quantitative estimate of drug-likeness (QED) is 0.804. The van der Waals surface area contributed by atoms with E-state index in [1.165, 1.54) is 19.1 Å². The topological polar surface area (TPSA) is 40.9 Å². The Labute approximate surface area is 109 Å². The maximum atomic E-state index is 12.6. The Morgan fingerprint density at radius 3 is 2.33 bits per heavy atom. The van der Waals surface area contributed by atoms with Crippen molar-refractivity contribution in [2.45, 2.75) is 24.3 Å². The number of halogens is 3. The van der Waals surface area contributed by atoms with Gasteiger partial charge in [0.15, 0.2) is 0 Å². The molecule has 0 amide bonds. The molecule has 96 valence electrons. The molecule has 2 nitrogen and oxygen atoms in total. The van der Waals surface area contributed by atoms with Gasteiger partial charge in [0.05, 0.1) is 0 Å². The SMILES string of the molecule is C[Se]C(=O)C(C)(C#N)c1cccc(C(F)(F)F)c1. The average Bonchev–Trinajstić information content (AvgIpc) is 2.36. The number of benzene rings is 1. The van der Waals surface area contributed by atoms with Crippen LogP contribution in [-0.2, 0) is 16.4 Å². The van der Waals surface area contributed by atoms with E-state index in [2.05, 4.69) is 0 Å². The van der Waals surface area contributed by atoms with Crippen LogP contribution in [0.2, 0.25) is 5.82 Å². The van der Waals surface area contributed by atoms with Gasteiger partial charge in [-0.3, -0.25) is 0 Å². The van der Waals surface area contributed by atoms with Gasteiger partial charge in [0.2, 0.25) is 0 Å². The first-order valence-electron chi connectivity index (χ1n) is 4.93. The average molecular weight is 320 g/mol. The van der Waals surface area contributed by atoms with Gasteiger partial charge in [0, 0.05) is 0 Å². The van der Waals surface area contributed by atoms with Crippen molar-refractivity contribution in [1.82, 2.24) is 0 Å². The van der Waals surface area contributed by atoms with Crippen LogP contribution in [0.15, 0.2) is 24.3 Å². The minimum absolute atomic E-state index is 0.0913. The Kier molecular flexibility index (Phi) is 4.20. The van der Waals surface area contributed by atoms with Gasteiger partial charge in [-0.05, 0) is 0 Å². The van der Waals surface area contributed by atoms with Crippen LogP contribution in [-0.4, -0.2) is 19.6 Å². The summed E-state index contributed by atoms with van der Waals surface area (Å²) < 4.78 is 37.4. The fourth-order valence-corrected chi connectivity index (χ4v) is 2.64. The third-order valence-corrected chi connectivity index (χ3v) is 4.22. The molecule has 1 aromatic rings. The Hall–Kier alpha value is -1.31. The van der Waals surface area contributed by atoms with Gasteiger partial charge in [0.1, 0.15) is 0 Å². The van der Waals surface area contributed by atoms with Gasteiger partial charge < -0.3 is 0 Å². The van der Waals surface area contributed by atoms with Gasteiger partial charge in [0.25, 0.3) is 0 Å². The van der Waals surface area contributed by atoms with E-state index in [0.717, 1.165) is 12.1 Å². The summed E-state index contributed by atoms with van der Waals surface area (Å²) in [4.78, 5) is 11.8. The summed E-state index contributed by atoms with van der Waals surface area (Å²) in [5.74, 6) is 1.64. The Morgan fingerprint density at radius 2 is 1.89 bits per heavy atom. The molecule has 0 radical (unpaired) electrons.